The van der Waals surface area contributed by atoms with Crippen LogP contribution in [0.4, 0.5) is 0 Å². The lowest BCUT2D eigenvalue weighted by molar-refractivity contribution is -0.127. The molecule has 264 valence electrons. The first-order valence-corrected chi connectivity index (χ1v) is 15.8. The van der Waals surface area contributed by atoms with Crippen LogP contribution in [-0.2, 0) is 23.8 Å². The summed E-state index contributed by atoms with van der Waals surface area (Å²) in [5, 5.41) is 2.69. The second kappa shape index (κ2) is 26.3. The largest absolute Gasteiger partial charge is 0.501 e. The second-order valence-electron chi connectivity index (χ2n) is 10.2. The molecule has 2 aliphatic heterocycles. The molecular weight excluding hydrogens is 655 g/mol. The van der Waals surface area contributed by atoms with Gasteiger partial charge in [0.15, 0.2) is 0 Å². The van der Waals surface area contributed by atoms with Crippen LogP contribution in [0.15, 0.2) is 85.2 Å². The number of amides is 1. The highest BCUT2D eigenvalue weighted by atomic mass is 35.5. The SMILES string of the molecule is C/C=C/C(=O)Cl.Cl.[2H]C([2H])(OC(=O)c1ccccc1)C([2H])([2H])C1CCN(C(=O)/C=C/OCC)CC1.[2H]C([2H])(OC(=O)c1ccccc1)C([2H])([2H])C1CCNCC1. The van der Waals surface area contributed by atoms with Crippen LogP contribution in [0.5, 0.6) is 0 Å². The van der Waals surface area contributed by atoms with Crippen LogP contribution in [0, 0.1) is 11.8 Å². The number of piperidine rings is 2. The quantitative estimate of drug-likeness (QED) is 0.108. The molecule has 9 nitrogen and oxygen atoms in total. The molecule has 1 N–H and O–H groups in total. The van der Waals surface area contributed by atoms with E-state index in [1.807, 2.05) is 0 Å². The summed E-state index contributed by atoms with van der Waals surface area (Å²) in [5.74, 6) is -3.16. The van der Waals surface area contributed by atoms with Crippen molar-refractivity contribution in [3.63, 3.8) is 0 Å². The first-order chi connectivity index (χ1) is 25.8. The van der Waals surface area contributed by atoms with Gasteiger partial charge >= 0.3 is 11.9 Å². The summed E-state index contributed by atoms with van der Waals surface area (Å²) in [6.07, 6.45) is 2.50. The second-order valence-corrected chi connectivity index (χ2v) is 10.6. The summed E-state index contributed by atoms with van der Waals surface area (Å²) in [7, 11) is 0. The molecule has 0 atom stereocenters. The van der Waals surface area contributed by atoms with E-state index in [0.29, 0.717) is 45.6 Å². The molecule has 2 aliphatic rings. The van der Waals surface area contributed by atoms with Crippen molar-refractivity contribution in [2.24, 2.45) is 11.8 Å². The number of carbonyl (C=O) groups excluding carboxylic acids is 4. The molecule has 0 aliphatic carbocycles. The third kappa shape index (κ3) is 18.6. The highest BCUT2D eigenvalue weighted by Crippen LogP contribution is 2.21. The zero-order valence-corrected chi connectivity index (χ0v) is 28.8. The van der Waals surface area contributed by atoms with Gasteiger partial charge in [-0.3, -0.25) is 9.59 Å². The van der Waals surface area contributed by atoms with E-state index in [0.717, 1.165) is 0 Å². The molecule has 0 spiro atoms. The number of likely N-dealkylation sites (tertiary alicyclic amines) is 1. The molecule has 2 heterocycles. The summed E-state index contributed by atoms with van der Waals surface area (Å²) >= 11 is 4.85. The summed E-state index contributed by atoms with van der Waals surface area (Å²) in [6, 6.07) is 16.0. The van der Waals surface area contributed by atoms with Gasteiger partial charge in [-0.05, 0) is 119 Å². The van der Waals surface area contributed by atoms with Crippen LogP contribution in [-0.4, -0.2) is 73.9 Å². The van der Waals surface area contributed by atoms with E-state index in [1.165, 1.54) is 42.7 Å². The molecule has 2 aromatic rings. The number of carbonyl (C=O) groups is 4. The predicted molar refractivity (Wildman–Crippen MR) is 191 cm³/mol. The summed E-state index contributed by atoms with van der Waals surface area (Å²) < 4.78 is 79.2. The molecule has 0 bridgehead atoms. The number of halogens is 2. The van der Waals surface area contributed by atoms with Crippen molar-refractivity contribution in [3.8, 4) is 0 Å². The van der Waals surface area contributed by atoms with Gasteiger partial charge in [0.1, 0.15) is 0 Å². The number of ether oxygens (including phenoxy) is 3. The molecular formula is C37H50Cl2N2O7. The molecule has 2 fully saturated rings. The lowest BCUT2D eigenvalue weighted by Gasteiger charge is -2.31. The highest BCUT2D eigenvalue weighted by molar-refractivity contribution is 6.66. The zero-order valence-electron chi connectivity index (χ0n) is 35.2. The Bertz CT molecular complexity index is 1590. The fraction of sp³-hybridized carbons (Fsp3) is 0.459. The molecule has 48 heavy (non-hydrogen) atoms. The minimum absolute atomic E-state index is 0. The standard InChI is InChI=1S/C19H25NO4.C14H19NO2.C4H5ClO.ClH/c1-2-23-14-11-18(21)20-12-8-16(9-13-20)10-15-24-19(22)17-6-4-3-5-7-17;16-14(13-4-2-1-3-5-13)17-11-8-12-6-9-15-10-7-12;1-2-3-4(5)6;/h3-7,11,14,16H,2,8-10,12-13,15H2,1H3;1-5,12,15H,6-11H2;2-3H,1H3;1H/b14-11+;;3-2+;/i10D2,15D2;8D2,11D2;;. The van der Waals surface area contributed by atoms with Crippen molar-refractivity contribution in [2.45, 2.75) is 52.3 Å². The van der Waals surface area contributed by atoms with Gasteiger partial charge in [0.25, 0.3) is 0 Å². The van der Waals surface area contributed by atoms with E-state index < -0.39 is 54.9 Å². The van der Waals surface area contributed by atoms with Crippen LogP contribution < -0.4 is 5.32 Å². The minimum Gasteiger partial charge on any atom is -0.501 e. The van der Waals surface area contributed by atoms with Crippen LogP contribution in [0.1, 0.15) is 84.0 Å². The monoisotopic (exact) mass is 712 g/mol. The molecule has 1 amide bonds. The van der Waals surface area contributed by atoms with Gasteiger partial charge < -0.3 is 24.4 Å². The highest BCUT2D eigenvalue weighted by Gasteiger charge is 2.22. The predicted octanol–water partition coefficient (Wildman–Crippen LogP) is 7.01. The Hall–Kier alpha value is -3.66. The van der Waals surface area contributed by atoms with Crippen molar-refractivity contribution < 1.29 is 44.4 Å². The number of hydrogen-bond donors (Lipinski definition) is 1. The number of rotatable bonds is 12. The Morgan fingerprint density at radius 2 is 1.31 bits per heavy atom. The van der Waals surface area contributed by atoms with Crippen molar-refractivity contribution in [3.05, 3.63) is 96.3 Å². The third-order valence-electron chi connectivity index (χ3n) is 6.75. The first-order valence-electron chi connectivity index (χ1n) is 19.5. The van der Waals surface area contributed by atoms with Crippen molar-refractivity contribution >= 4 is 47.1 Å². The smallest absolute Gasteiger partial charge is 0.338 e. The van der Waals surface area contributed by atoms with Gasteiger partial charge in [0, 0.05) is 24.6 Å². The third-order valence-corrected chi connectivity index (χ3v) is 6.88. The Balaban J connectivity index is 0.000000494. The van der Waals surface area contributed by atoms with E-state index in [1.54, 1.807) is 61.2 Å². The Labute approximate surface area is 307 Å². The molecule has 0 aromatic heterocycles. The number of nitrogens with one attached hydrogen (secondary N) is 1. The molecule has 0 radical (unpaired) electrons. The van der Waals surface area contributed by atoms with Gasteiger partial charge in [-0.1, -0.05) is 42.5 Å². The first kappa shape index (κ1) is 30.4. The maximum absolute atomic E-state index is 12.2. The number of hydrogen-bond acceptors (Lipinski definition) is 8. The topological polar surface area (TPSA) is 111 Å². The maximum atomic E-state index is 12.2. The van der Waals surface area contributed by atoms with Crippen LogP contribution in [0.3, 0.4) is 0 Å². The van der Waals surface area contributed by atoms with E-state index in [4.69, 9.17) is 36.8 Å². The number of esters is 2. The summed E-state index contributed by atoms with van der Waals surface area (Å²) in [4.78, 5) is 47.4. The normalized spacial score (nSPS) is 18.5. The van der Waals surface area contributed by atoms with Gasteiger partial charge in [0.05, 0.1) is 42.6 Å². The average molecular weight is 714 g/mol. The number of allylic oxidation sites excluding steroid dienone is 2. The van der Waals surface area contributed by atoms with Gasteiger partial charge in [-0.15, -0.1) is 12.4 Å². The molecule has 0 unspecified atom stereocenters. The van der Waals surface area contributed by atoms with Crippen molar-refractivity contribution in [1.82, 2.24) is 10.2 Å². The van der Waals surface area contributed by atoms with Crippen molar-refractivity contribution in [2.75, 3.05) is 45.9 Å². The Morgan fingerprint density at radius 1 is 0.833 bits per heavy atom. The molecule has 4 rings (SSSR count). The maximum Gasteiger partial charge on any atom is 0.338 e. The Kier molecular flexibility index (Phi) is 16.7. The van der Waals surface area contributed by atoms with E-state index >= 15 is 0 Å². The van der Waals surface area contributed by atoms with Crippen LogP contribution in [0.25, 0.3) is 0 Å². The molecule has 2 saturated heterocycles. The Morgan fingerprint density at radius 3 is 1.73 bits per heavy atom. The minimum atomic E-state index is -2.80. The summed E-state index contributed by atoms with van der Waals surface area (Å²) in [5.41, 5.74) is 0.367. The van der Waals surface area contributed by atoms with Crippen LogP contribution >= 0.6 is 24.0 Å². The van der Waals surface area contributed by atoms with Gasteiger partial charge in [-0.25, -0.2) is 9.59 Å². The lowest BCUT2D eigenvalue weighted by atomic mass is 9.94. The fourth-order valence-electron chi connectivity index (χ4n) is 4.23. The number of nitrogens with zero attached hydrogens (tertiary/aromatic N) is 1. The number of benzene rings is 2. The average Bonchev–Trinajstić information content (AvgIpc) is 3.16. The summed E-state index contributed by atoms with van der Waals surface area (Å²) in [6.45, 7) is 0.418. The molecule has 0 saturated carbocycles. The van der Waals surface area contributed by atoms with E-state index in [9.17, 15) is 19.2 Å². The molecule has 11 heteroatoms. The zero-order chi connectivity index (χ0) is 41.3. The van der Waals surface area contributed by atoms with Gasteiger partial charge in [-0.2, -0.15) is 0 Å². The van der Waals surface area contributed by atoms with Crippen molar-refractivity contribution in [1.29, 1.82) is 0 Å². The van der Waals surface area contributed by atoms with E-state index in [-0.39, 0.29) is 42.3 Å². The van der Waals surface area contributed by atoms with Gasteiger partial charge in [0.2, 0.25) is 11.1 Å². The van der Waals surface area contributed by atoms with E-state index in [2.05, 4.69) is 5.32 Å². The molecule has 2 aromatic carbocycles. The fourth-order valence-corrected chi connectivity index (χ4v) is 4.36. The van der Waals surface area contributed by atoms with Crippen LogP contribution in [0.2, 0.25) is 0 Å². The lowest BCUT2D eigenvalue weighted by Crippen LogP contribution is -2.37.